The minimum Gasteiger partial charge on any atom is -0.342 e. The number of amides is 1. The molecule has 23 heavy (non-hydrogen) atoms. The van der Waals surface area contributed by atoms with Gasteiger partial charge in [0, 0.05) is 28.7 Å². The highest BCUT2D eigenvalue weighted by atomic mass is 35.5. The van der Waals surface area contributed by atoms with Gasteiger partial charge in [-0.25, -0.2) is 4.98 Å². The number of ketones is 1. The van der Waals surface area contributed by atoms with Gasteiger partial charge in [-0.3, -0.25) is 9.59 Å². The number of H-pyrrole nitrogens is 1. The highest BCUT2D eigenvalue weighted by molar-refractivity contribution is 6.30. The van der Waals surface area contributed by atoms with Crippen LogP contribution in [0.2, 0.25) is 5.02 Å². The third-order valence-corrected chi connectivity index (χ3v) is 3.48. The van der Waals surface area contributed by atoms with Crippen molar-refractivity contribution in [3.63, 3.8) is 0 Å². The molecule has 3 rings (SSSR count). The highest BCUT2D eigenvalue weighted by Gasteiger charge is 2.19. The van der Waals surface area contributed by atoms with Gasteiger partial charge in [0.1, 0.15) is 0 Å². The smallest absolute Gasteiger partial charge is 0.256 e. The third-order valence-electron chi connectivity index (χ3n) is 3.23. The number of carbonyl (C=O) groups is 2. The number of hydrogen-bond donors (Lipinski definition) is 2. The van der Waals surface area contributed by atoms with Gasteiger partial charge in [0.25, 0.3) is 5.91 Å². The summed E-state index contributed by atoms with van der Waals surface area (Å²) in [7, 11) is 0. The number of benzene rings is 2. The summed E-state index contributed by atoms with van der Waals surface area (Å²) in [6, 6.07) is 13.3. The lowest BCUT2D eigenvalue weighted by atomic mass is 10.0. The zero-order valence-electron chi connectivity index (χ0n) is 11.9. The van der Waals surface area contributed by atoms with Crippen LogP contribution in [-0.2, 0) is 0 Å². The lowest BCUT2D eigenvalue weighted by Gasteiger charge is -2.09. The second kappa shape index (κ2) is 6.46. The molecule has 0 saturated carbocycles. The van der Waals surface area contributed by atoms with Gasteiger partial charge >= 0.3 is 0 Å². The van der Waals surface area contributed by atoms with Gasteiger partial charge in [-0.2, -0.15) is 0 Å². The first-order chi connectivity index (χ1) is 11.1. The molecule has 0 aliphatic heterocycles. The minimum absolute atomic E-state index is 0.191. The maximum atomic E-state index is 12.5. The number of carbonyl (C=O) groups excluding carboxylic acids is 2. The highest BCUT2D eigenvalue weighted by Crippen LogP contribution is 2.17. The zero-order valence-corrected chi connectivity index (χ0v) is 12.7. The van der Waals surface area contributed by atoms with E-state index in [1.807, 2.05) is 0 Å². The van der Waals surface area contributed by atoms with Crippen molar-refractivity contribution in [1.29, 1.82) is 0 Å². The number of nitrogens with one attached hydrogen (secondary N) is 2. The Morgan fingerprint density at radius 1 is 1.00 bits per heavy atom. The van der Waals surface area contributed by atoms with Crippen LogP contribution in [0.4, 0.5) is 5.69 Å². The predicted molar refractivity (Wildman–Crippen MR) is 87.9 cm³/mol. The van der Waals surface area contributed by atoms with Crippen molar-refractivity contribution in [3.05, 3.63) is 82.9 Å². The maximum Gasteiger partial charge on any atom is 0.256 e. The first-order valence-corrected chi connectivity index (χ1v) is 7.23. The van der Waals surface area contributed by atoms with Crippen molar-refractivity contribution < 1.29 is 9.59 Å². The first kappa shape index (κ1) is 15.0. The molecule has 0 aliphatic rings. The summed E-state index contributed by atoms with van der Waals surface area (Å²) in [6.07, 6.45) is 3.05. The van der Waals surface area contributed by atoms with E-state index in [1.165, 1.54) is 6.20 Å². The summed E-state index contributed by atoms with van der Waals surface area (Å²) >= 11 is 5.82. The molecule has 6 heteroatoms. The second-order valence-corrected chi connectivity index (χ2v) is 5.21. The van der Waals surface area contributed by atoms with E-state index in [1.54, 1.807) is 54.7 Å². The van der Waals surface area contributed by atoms with E-state index >= 15 is 0 Å². The summed E-state index contributed by atoms with van der Waals surface area (Å²) in [4.78, 5) is 31.6. The summed E-state index contributed by atoms with van der Waals surface area (Å²) in [5.74, 6) is -0.517. The summed E-state index contributed by atoms with van der Waals surface area (Å²) in [5.41, 5.74) is 1.16. The molecule has 0 atom stereocenters. The van der Waals surface area contributed by atoms with Gasteiger partial charge in [-0.05, 0) is 30.3 Å². The summed E-state index contributed by atoms with van der Waals surface area (Å²) in [6.45, 7) is 0. The number of nitrogens with zero attached hydrogens (tertiary/aromatic N) is 1. The average molecular weight is 326 g/mol. The lowest BCUT2D eigenvalue weighted by molar-refractivity contribution is 0.0992. The third kappa shape index (κ3) is 3.30. The minimum atomic E-state index is -0.372. The van der Waals surface area contributed by atoms with Gasteiger partial charge in [-0.15, -0.1) is 0 Å². The van der Waals surface area contributed by atoms with E-state index in [0.29, 0.717) is 10.7 Å². The number of halogens is 1. The Morgan fingerprint density at radius 3 is 2.35 bits per heavy atom. The van der Waals surface area contributed by atoms with Crippen LogP contribution >= 0.6 is 11.6 Å². The number of hydrogen-bond acceptors (Lipinski definition) is 3. The number of imidazole rings is 1. The molecule has 1 amide bonds. The molecule has 0 aliphatic carbocycles. The number of anilines is 1. The molecular formula is C17H12ClN3O2. The van der Waals surface area contributed by atoms with E-state index in [2.05, 4.69) is 15.3 Å². The van der Waals surface area contributed by atoms with E-state index < -0.39 is 0 Å². The molecule has 0 radical (unpaired) electrons. The second-order valence-electron chi connectivity index (χ2n) is 4.77. The van der Waals surface area contributed by atoms with Crippen molar-refractivity contribution in [2.24, 2.45) is 0 Å². The molecule has 1 aromatic heterocycles. The number of aromatic nitrogens is 2. The normalized spacial score (nSPS) is 10.3. The predicted octanol–water partition coefficient (Wildman–Crippen LogP) is 3.55. The van der Waals surface area contributed by atoms with Crippen LogP contribution < -0.4 is 5.32 Å². The molecule has 0 bridgehead atoms. The first-order valence-electron chi connectivity index (χ1n) is 6.85. The number of aromatic amines is 1. The Balaban J connectivity index is 1.89. The quantitative estimate of drug-likeness (QED) is 0.720. The molecule has 1 heterocycles. The summed E-state index contributed by atoms with van der Waals surface area (Å²) < 4.78 is 0. The van der Waals surface area contributed by atoms with Crippen molar-refractivity contribution in [3.8, 4) is 0 Å². The maximum absolute atomic E-state index is 12.5. The molecule has 0 unspecified atom stereocenters. The molecule has 0 fully saturated rings. The lowest BCUT2D eigenvalue weighted by Crippen LogP contribution is -2.17. The van der Waals surface area contributed by atoms with Crippen LogP contribution in [0.15, 0.2) is 60.9 Å². The fraction of sp³-hybridized carbons (Fsp3) is 0. The van der Waals surface area contributed by atoms with Gasteiger partial charge in [0.15, 0.2) is 5.82 Å². The Labute approximate surface area is 137 Å². The van der Waals surface area contributed by atoms with Crippen LogP contribution in [0, 0.1) is 0 Å². The monoisotopic (exact) mass is 325 g/mol. The molecule has 0 saturated heterocycles. The Bertz CT molecular complexity index is 843. The Hall–Kier alpha value is -2.92. The van der Waals surface area contributed by atoms with Crippen LogP contribution in [0.3, 0.4) is 0 Å². The standard InChI is InChI=1S/C17H12ClN3O2/c18-11-5-7-12(8-6-11)21-17(23)14-4-2-1-3-13(14)15(22)16-19-9-10-20-16/h1-10H,(H,19,20)(H,21,23). The Kier molecular flexibility index (Phi) is 4.21. The van der Waals surface area contributed by atoms with Crippen molar-refractivity contribution in [1.82, 2.24) is 9.97 Å². The van der Waals surface area contributed by atoms with Gasteiger partial charge in [0.05, 0.1) is 5.56 Å². The molecule has 5 nitrogen and oxygen atoms in total. The molecule has 2 aromatic carbocycles. The van der Waals surface area contributed by atoms with E-state index in [-0.39, 0.29) is 28.6 Å². The fourth-order valence-electron chi connectivity index (χ4n) is 2.13. The SMILES string of the molecule is O=C(Nc1ccc(Cl)cc1)c1ccccc1C(=O)c1ncc[nH]1. The molecular weight excluding hydrogens is 314 g/mol. The van der Waals surface area contributed by atoms with Crippen molar-refractivity contribution in [2.75, 3.05) is 5.32 Å². The largest absolute Gasteiger partial charge is 0.342 e. The molecule has 2 N–H and O–H groups in total. The van der Waals surface area contributed by atoms with Crippen LogP contribution in [0.5, 0.6) is 0 Å². The van der Waals surface area contributed by atoms with E-state index in [4.69, 9.17) is 11.6 Å². The topological polar surface area (TPSA) is 74.8 Å². The Morgan fingerprint density at radius 2 is 1.70 bits per heavy atom. The average Bonchev–Trinajstić information content (AvgIpc) is 3.11. The molecule has 3 aromatic rings. The van der Waals surface area contributed by atoms with Gasteiger partial charge in [0.2, 0.25) is 5.78 Å². The molecule has 0 spiro atoms. The van der Waals surface area contributed by atoms with Crippen molar-refractivity contribution in [2.45, 2.75) is 0 Å². The fourth-order valence-corrected chi connectivity index (χ4v) is 2.25. The van der Waals surface area contributed by atoms with E-state index in [9.17, 15) is 9.59 Å². The number of rotatable bonds is 4. The van der Waals surface area contributed by atoms with Gasteiger partial charge < -0.3 is 10.3 Å². The van der Waals surface area contributed by atoms with E-state index in [0.717, 1.165) is 0 Å². The molecule has 114 valence electrons. The van der Waals surface area contributed by atoms with Gasteiger partial charge in [-0.1, -0.05) is 29.8 Å². The van der Waals surface area contributed by atoms with Crippen molar-refractivity contribution >= 4 is 29.0 Å². The van der Waals surface area contributed by atoms with Crippen LogP contribution in [0.25, 0.3) is 0 Å². The summed E-state index contributed by atoms with van der Waals surface area (Å²) in [5, 5.41) is 3.33. The van der Waals surface area contributed by atoms with Crippen LogP contribution in [-0.4, -0.2) is 21.7 Å². The van der Waals surface area contributed by atoms with Crippen LogP contribution in [0.1, 0.15) is 26.5 Å². The zero-order chi connectivity index (χ0) is 16.2.